The molecule has 0 radical (unpaired) electrons. The Kier molecular flexibility index (Phi) is 1.61. The SMILES string of the molecule is C=C1CC(=C)c2ccccc2C1. The first-order valence-corrected chi connectivity index (χ1v) is 4.20. The summed E-state index contributed by atoms with van der Waals surface area (Å²) in [6, 6.07) is 8.44. The quantitative estimate of drug-likeness (QED) is 0.506. The van der Waals surface area contributed by atoms with Gasteiger partial charge in [0, 0.05) is 0 Å². The lowest BCUT2D eigenvalue weighted by molar-refractivity contribution is 1.04. The normalized spacial score (nSPS) is 16.0. The molecule has 0 bridgehead atoms. The Bertz CT molecular complexity index is 345. The third-order valence-electron chi connectivity index (χ3n) is 2.30. The highest BCUT2D eigenvalue weighted by atomic mass is 14.2. The first-order valence-electron chi connectivity index (χ1n) is 4.20. The predicted molar refractivity (Wildman–Crippen MR) is 52.9 cm³/mol. The van der Waals surface area contributed by atoms with E-state index >= 15 is 0 Å². The van der Waals surface area contributed by atoms with E-state index < -0.39 is 0 Å². The molecule has 0 heterocycles. The van der Waals surface area contributed by atoms with Crippen LogP contribution in [0.3, 0.4) is 0 Å². The molecular weight excluding hydrogens is 144 g/mol. The molecule has 0 aliphatic heterocycles. The van der Waals surface area contributed by atoms with E-state index in [0.29, 0.717) is 0 Å². The van der Waals surface area contributed by atoms with Gasteiger partial charge in [-0.25, -0.2) is 0 Å². The van der Waals surface area contributed by atoms with Crippen LogP contribution in [0.15, 0.2) is 43.0 Å². The van der Waals surface area contributed by atoms with Crippen LogP contribution >= 0.6 is 0 Å². The van der Waals surface area contributed by atoms with Gasteiger partial charge in [-0.15, -0.1) is 0 Å². The zero-order chi connectivity index (χ0) is 8.55. The van der Waals surface area contributed by atoms with Gasteiger partial charge in [0.1, 0.15) is 0 Å². The minimum atomic E-state index is 0.969. The summed E-state index contributed by atoms with van der Waals surface area (Å²) in [7, 11) is 0. The number of rotatable bonds is 0. The molecule has 1 aliphatic carbocycles. The molecule has 0 aromatic heterocycles. The number of allylic oxidation sites excluding steroid dienone is 2. The Morgan fingerprint density at radius 2 is 1.75 bits per heavy atom. The summed E-state index contributed by atoms with van der Waals surface area (Å²) in [5.41, 5.74) is 5.18. The lowest BCUT2D eigenvalue weighted by Crippen LogP contribution is -2.02. The number of hydrogen-bond donors (Lipinski definition) is 0. The monoisotopic (exact) mass is 156 g/mol. The summed E-state index contributed by atoms with van der Waals surface area (Å²) in [5, 5.41) is 0. The van der Waals surface area contributed by atoms with E-state index in [4.69, 9.17) is 0 Å². The molecule has 12 heavy (non-hydrogen) atoms. The molecule has 0 atom stereocenters. The van der Waals surface area contributed by atoms with Crippen LogP contribution in [-0.2, 0) is 6.42 Å². The highest BCUT2D eigenvalue weighted by Gasteiger charge is 2.13. The van der Waals surface area contributed by atoms with Crippen LogP contribution in [0.5, 0.6) is 0 Å². The zero-order valence-electron chi connectivity index (χ0n) is 7.14. The molecule has 1 aromatic rings. The van der Waals surface area contributed by atoms with Crippen molar-refractivity contribution in [2.45, 2.75) is 12.8 Å². The second-order valence-electron chi connectivity index (χ2n) is 3.36. The maximum atomic E-state index is 4.05. The minimum absolute atomic E-state index is 0.969. The molecule has 0 N–H and O–H groups in total. The topological polar surface area (TPSA) is 0 Å². The van der Waals surface area contributed by atoms with Crippen molar-refractivity contribution in [3.05, 3.63) is 54.1 Å². The molecular formula is C12H12. The molecule has 0 amide bonds. The van der Waals surface area contributed by atoms with E-state index in [2.05, 4.69) is 37.4 Å². The molecule has 0 heteroatoms. The summed E-state index contributed by atoms with van der Waals surface area (Å²) >= 11 is 0. The zero-order valence-corrected chi connectivity index (χ0v) is 7.14. The molecule has 0 nitrogen and oxygen atoms in total. The molecule has 0 fully saturated rings. The maximum Gasteiger partial charge on any atom is -0.00604 e. The second kappa shape index (κ2) is 2.63. The predicted octanol–water partition coefficient (Wildman–Crippen LogP) is 3.20. The van der Waals surface area contributed by atoms with E-state index in [1.165, 1.54) is 22.3 Å². The van der Waals surface area contributed by atoms with Gasteiger partial charge in [-0.1, -0.05) is 43.0 Å². The van der Waals surface area contributed by atoms with Crippen molar-refractivity contribution >= 4 is 5.57 Å². The van der Waals surface area contributed by atoms with E-state index in [1.807, 2.05) is 0 Å². The number of benzene rings is 1. The van der Waals surface area contributed by atoms with Gasteiger partial charge in [0.05, 0.1) is 0 Å². The Labute approximate surface area is 73.2 Å². The molecule has 1 aliphatic rings. The summed E-state index contributed by atoms with van der Waals surface area (Å²) < 4.78 is 0. The van der Waals surface area contributed by atoms with Crippen molar-refractivity contribution < 1.29 is 0 Å². The molecule has 0 spiro atoms. The lowest BCUT2D eigenvalue weighted by atomic mass is 9.86. The highest BCUT2D eigenvalue weighted by molar-refractivity contribution is 5.71. The number of hydrogen-bond acceptors (Lipinski definition) is 0. The van der Waals surface area contributed by atoms with Crippen LogP contribution in [-0.4, -0.2) is 0 Å². The fourth-order valence-corrected chi connectivity index (χ4v) is 1.75. The smallest absolute Gasteiger partial charge is 0.00604 e. The van der Waals surface area contributed by atoms with Crippen molar-refractivity contribution in [1.82, 2.24) is 0 Å². The molecule has 1 aromatic carbocycles. The van der Waals surface area contributed by atoms with Gasteiger partial charge in [-0.2, -0.15) is 0 Å². The molecule has 0 saturated carbocycles. The summed E-state index contributed by atoms with van der Waals surface area (Å²) in [5.74, 6) is 0. The Hall–Kier alpha value is -1.30. The summed E-state index contributed by atoms with van der Waals surface area (Å²) in [6.45, 7) is 8.05. The summed E-state index contributed by atoms with van der Waals surface area (Å²) in [6.07, 6.45) is 1.99. The fourth-order valence-electron chi connectivity index (χ4n) is 1.75. The van der Waals surface area contributed by atoms with Crippen LogP contribution in [0.1, 0.15) is 17.5 Å². The van der Waals surface area contributed by atoms with Gasteiger partial charge in [0.2, 0.25) is 0 Å². The maximum absolute atomic E-state index is 4.05. The van der Waals surface area contributed by atoms with E-state index in [0.717, 1.165) is 12.8 Å². The van der Waals surface area contributed by atoms with E-state index in [9.17, 15) is 0 Å². The lowest BCUT2D eigenvalue weighted by Gasteiger charge is -2.19. The third-order valence-corrected chi connectivity index (χ3v) is 2.30. The van der Waals surface area contributed by atoms with Gasteiger partial charge in [-0.3, -0.25) is 0 Å². The average Bonchev–Trinajstić information content (AvgIpc) is 2.04. The highest BCUT2D eigenvalue weighted by Crippen LogP contribution is 2.31. The van der Waals surface area contributed by atoms with Crippen LogP contribution in [0.2, 0.25) is 0 Å². The van der Waals surface area contributed by atoms with E-state index in [1.54, 1.807) is 0 Å². The largest absolute Gasteiger partial charge is 0.0992 e. The first-order chi connectivity index (χ1) is 5.77. The third kappa shape index (κ3) is 1.10. The van der Waals surface area contributed by atoms with Crippen LogP contribution in [0.4, 0.5) is 0 Å². The van der Waals surface area contributed by atoms with Gasteiger partial charge in [0.15, 0.2) is 0 Å². The molecule has 2 rings (SSSR count). The van der Waals surface area contributed by atoms with Gasteiger partial charge >= 0.3 is 0 Å². The van der Waals surface area contributed by atoms with Crippen LogP contribution in [0, 0.1) is 0 Å². The van der Waals surface area contributed by atoms with Gasteiger partial charge in [-0.05, 0) is 29.5 Å². The molecule has 60 valence electrons. The van der Waals surface area contributed by atoms with Crippen molar-refractivity contribution in [3.63, 3.8) is 0 Å². The number of fused-ring (bicyclic) bond motifs is 1. The van der Waals surface area contributed by atoms with Crippen molar-refractivity contribution in [3.8, 4) is 0 Å². The van der Waals surface area contributed by atoms with Crippen LogP contribution in [0.25, 0.3) is 5.57 Å². The fraction of sp³-hybridized carbons (Fsp3) is 0.167. The standard InChI is InChI=1S/C12H12/c1-9-7-10(2)12-6-4-3-5-11(12)8-9/h3-6H,1-2,7-8H2. The van der Waals surface area contributed by atoms with Crippen molar-refractivity contribution in [2.75, 3.05) is 0 Å². The van der Waals surface area contributed by atoms with Gasteiger partial charge in [0.25, 0.3) is 0 Å². The minimum Gasteiger partial charge on any atom is -0.0992 e. The van der Waals surface area contributed by atoms with E-state index in [-0.39, 0.29) is 0 Å². The Morgan fingerprint density at radius 3 is 2.58 bits per heavy atom. The van der Waals surface area contributed by atoms with Crippen LogP contribution < -0.4 is 0 Å². The van der Waals surface area contributed by atoms with Crippen molar-refractivity contribution in [2.24, 2.45) is 0 Å². The molecule has 0 unspecified atom stereocenters. The van der Waals surface area contributed by atoms with Gasteiger partial charge < -0.3 is 0 Å². The Morgan fingerprint density at radius 1 is 1.00 bits per heavy atom. The Balaban J connectivity index is 2.54. The molecule has 0 saturated heterocycles. The first kappa shape index (κ1) is 7.35. The summed E-state index contributed by atoms with van der Waals surface area (Å²) in [4.78, 5) is 0. The second-order valence-corrected chi connectivity index (χ2v) is 3.36. The van der Waals surface area contributed by atoms with Crippen molar-refractivity contribution in [1.29, 1.82) is 0 Å². The average molecular weight is 156 g/mol.